The molecule has 1 aliphatic carbocycles. The van der Waals surface area contributed by atoms with E-state index in [1.54, 1.807) is 0 Å². The summed E-state index contributed by atoms with van der Waals surface area (Å²) in [6, 6.07) is 18.1. The fourth-order valence-corrected chi connectivity index (χ4v) is 5.00. The molecular formula is C22H31IN4O2S2. The van der Waals surface area contributed by atoms with Gasteiger partial charge in [-0.2, -0.15) is 0 Å². The Bertz CT molecular complexity index is 947. The van der Waals surface area contributed by atoms with Gasteiger partial charge in [-0.15, -0.1) is 35.7 Å². The van der Waals surface area contributed by atoms with Gasteiger partial charge >= 0.3 is 0 Å². The molecule has 1 fully saturated rings. The van der Waals surface area contributed by atoms with E-state index in [9.17, 15) is 8.42 Å². The fourth-order valence-electron chi connectivity index (χ4n) is 2.98. The number of nitrogens with zero attached hydrogens (tertiary/aromatic N) is 1. The Kier molecular flexibility index (Phi) is 10.1. The average molecular weight is 575 g/mol. The van der Waals surface area contributed by atoms with E-state index in [0.29, 0.717) is 6.54 Å². The van der Waals surface area contributed by atoms with Crippen molar-refractivity contribution in [3.8, 4) is 0 Å². The van der Waals surface area contributed by atoms with Crippen LogP contribution in [0, 0.1) is 0 Å². The molecular weight excluding hydrogens is 543 g/mol. The van der Waals surface area contributed by atoms with Crippen molar-refractivity contribution in [3.63, 3.8) is 0 Å². The summed E-state index contributed by atoms with van der Waals surface area (Å²) in [6.07, 6.45) is 2.41. The molecule has 1 saturated carbocycles. The second-order valence-electron chi connectivity index (χ2n) is 7.43. The van der Waals surface area contributed by atoms with E-state index < -0.39 is 10.0 Å². The highest BCUT2D eigenvalue weighted by atomic mass is 127. The second kappa shape index (κ2) is 12.1. The highest BCUT2D eigenvalue weighted by Crippen LogP contribution is 2.51. The minimum atomic E-state index is -3.26. The number of halogens is 1. The van der Waals surface area contributed by atoms with Crippen LogP contribution >= 0.6 is 35.7 Å². The maximum absolute atomic E-state index is 11.7. The molecule has 0 atom stereocenters. The zero-order chi connectivity index (χ0) is 21.5. The van der Waals surface area contributed by atoms with Gasteiger partial charge in [0.05, 0.1) is 12.3 Å². The Labute approximate surface area is 207 Å². The van der Waals surface area contributed by atoms with Crippen molar-refractivity contribution in [3.05, 3.63) is 65.7 Å². The molecule has 170 valence electrons. The van der Waals surface area contributed by atoms with Crippen LogP contribution in [-0.2, 0) is 22.3 Å². The lowest BCUT2D eigenvalue weighted by atomic mass is 10.1. The Hall–Kier alpha value is -1.30. The molecule has 0 saturated heterocycles. The van der Waals surface area contributed by atoms with Crippen molar-refractivity contribution in [1.29, 1.82) is 0 Å². The number of hydrogen-bond acceptors (Lipinski definition) is 4. The third-order valence-corrected chi connectivity index (χ3v) is 7.75. The van der Waals surface area contributed by atoms with Gasteiger partial charge in [0.15, 0.2) is 5.96 Å². The van der Waals surface area contributed by atoms with Gasteiger partial charge in [0, 0.05) is 22.7 Å². The number of benzene rings is 2. The van der Waals surface area contributed by atoms with Gasteiger partial charge in [-0.3, -0.25) is 0 Å². The summed E-state index contributed by atoms with van der Waals surface area (Å²) in [7, 11) is -1.83. The van der Waals surface area contributed by atoms with Crippen LogP contribution < -0.4 is 15.4 Å². The van der Waals surface area contributed by atoms with Crippen LogP contribution in [0.5, 0.6) is 0 Å². The maximum Gasteiger partial charge on any atom is 0.215 e. The van der Waals surface area contributed by atoms with Crippen molar-refractivity contribution < 1.29 is 8.42 Å². The van der Waals surface area contributed by atoms with Gasteiger partial charge in [-0.1, -0.05) is 42.5 Å². The van der Waals surface area contributed by atoms with E-state index in [0.717, 1.165) is 30.2 Å². The van der Waals surface area contributed by atoms with Gasteiger partial charge in [-0.05, 0) is 50.1 Å². The molecule has 9 heteroatoms. The third kappa shape index (κ3) is 8.63. The molecule has 0 amide bonds. The number of hydrogen-bond donors (Lipinski definition) is 3. The number of guanidine groups is 1. The summed E-state index contributed by atoms with van der Waals surface area (Å²) in [4.78, 5) is 6.00. The van der Waals surface area contributed by atoms with Crippen molar-refractivity contribution in [1.82, 2.24) is 15.4 Å². The third-order valence-electron chi connectivity index (χ3n) is 4.92. The summed E-state index contributed by atoms with van der Waals surface area (Å²) in [5, 5.41) is 6.80. The Morgan fingerprint density at radius 2 is 1.68 bits per heavy atom. The Balaban J connectivity index is 0.00000341. The molecule has 1 aliphatic rings. The zero-order valence-electron chi connectivity index (χ0n) is 17.9. The van der Waals surface area contributed by atoms with Crippen LogP contribution in [0.15, 0.2) is 64.5 Å². The van der Waals surface area contributed by atoms with Gasteiger partial charge < -0.3 is 10.6 Å². The summed E-state index contributed by atoms with van der Waals surface area (Å²) in [6.45, 7) is 4.26. The molecule has 0 aliphatic heterocycles. The molecule has 2 aromatic rings. The van der Waals surface area contributed by atoms with Crippen LogP contribution in [0.4, 0.5) is 0 Å². The first-order valence-corrected chi connectivity index (χ1v) is 12.7. The SMILES string of the molecule is CCNC(=NCc1ccc(CS(=O)(=O)NC)cc1)NCC1(Sc2ccccc2)CC1.I. The van der Waals surface area contributed by atoms with E-state index in [1.807, 2.05) is 42.1 Å². The predicted molar refractivity (Wildman–Crippen MR) is 141 cm³/mol. The molecule has 3 N–H and O–H groups in total. The van der Waals surface area contributed by atoms with E-state index in [-0.39, 0.29) is 34.5 Å². The van der Waals surface area contributed by atoms with Crippen molar-refractivity contribution >= 4 is 51.7 Å². The summed E-state index contributed by atoms with van der Waals surface area (Å²) < 4.78 is 25.9. The highest BCUT2D eigenvalue weighted by molar-refractivity contribution is 14.0. The summed E-state index contributed by atoms with van der Waals surface area (Å²) >= 11 is 1.94. The maximum atomic E-state index is 11.7. The van der Waals surface area contributed by atoms with Crippen LogP contribution in [0.25, 0.3) is 0 Å². The van der Waals surface area contributed by atoms with Gasteiger partial charge in [-0.25, -0.2) is 18.1 Å². The minimum Gasteiger partial charge on any atom is -0.357 e. The van der Waals surface area contributed by atoms with E-state index in [2.05, 4.69) is 46.5 Å². The smallest absolute Gasteiger partial charge is 0.215 e. The van der Waals surface area contributed by atoms with Crippen LogP contribution in [0.1, 0.15) is 30.9 Å². The lowest BCUT2D eigenvalue weighted by molar-refractivity contribution is 0.587. The number of aliphatic imine (C=N–C) groups is 1. The molecule has 2 aromatic carbocycles. The standard InChI is InChI=1S/C22H30N4O2S2.HI/c1-3-24-21(26-17-22(13-14-22)29-20-7-5-4-6-8-20)25-15-18-9-11-19(12-10-18)16-30(27,28)23-2;/h4-12,23H,3,13-17H2,1-2H3,(H2,24,25,26);1H. The van der Waals surface area contributed by atoms with E-state index >= 15 is 0 Å². The molecule has 0 radical (unpaired) electrons. The number of nitrogens with one attached hydrogen (secondary N) is 3. The van der Waals surface area contributed by atoms with Gasteiger partial charge in [0.2, 0.25) is 10.0 Å². The Morgan fingerprint density at radius 3 is 2.26 bits per heavy atom. The van der Waals surface area contributed by atoms with Gasteiger partial charge in [0.25, 0.3) is 0 Å². The average Bonchev–Trinajstić information content (AvgIpc) is 3.51. The molecule has 3 rings (SSSR count). The Morgan fingerprint density at radius 1 is 1.03 bits per heavy atom. The van der Waals surface area contributed by atoms with E-state index in [4.69, 9.17) is 4.99 Å². The quantitative estimate of drug-likeness (QED) is 0.229. The van der Waals surface area contributed by atoms with Crippen LogP contribution in [0.3, 0.4) is 0 Å². The topological polar surface area (TPSA) is 82.6 Å². The highest BCUT2D eigenvalue weighted by Gasteiger charge is 2.43. The molecule has 0 heterocycles. The van der Waals surface area contributed by atoms with Crippen molar-refractivity contribution in [2.24, 2.45) is 4.99 Å². The first-order chi connectivity index (χ1) is 14.4. The lowest BCUT2D eigenvalue weighted by Gasteiger charge is -2.18. The normalized spacial score (nSPS) is 15.1. The van der Waals surface area contributed by atoms with Gasteiger partial charge in [0.1, 0.15) is 0 Å². The fraction of sp³-hybridized carbons (Fsp3) is 0.409. The first-order valence-electron chi connectivity index (χ1n) is 10.2. The predicted octanol–water partition coefficient (Wildman–Crippen LogP) is 3.73. The van der Waals surface area contributed by atoms with E-state index in [1.165, 1.54) is 24.8 Å². The van der Waals surface area contributed by atoms with Crippen molar-refractivity contribution in [2.75, 3.05) is 20.1 Å². The van der Waals surface area contributed by atoms with Crippen LogP contribution in [-0.4, -0.2) is 39.3 Å². The molecule has 0 aromatic heterocycles. The van der Waals surface area contributed by atoms with Crippen LogP contribution in [0.2, 0.25) is 0 Å². The summed E-state index contributed by atoms with van der Waals surface area (Å²) in [5.41, 5.74) is 1.80. The van der Waals surface area contributed by atoms with Crippen molar-refractivity contribution in [2.45, 2.75) is 41.7 Å². The number of rotatable bonds is 10. The lowest BCUT2D eigenvalue weighted by Crippen LogP contribution is -2.41. The number of thioether (sulfide) groups is 1. The molecule has 0 spiro atoms. The number of sulfonamides is 1. The monoisotopic (exact) mass is 574 g/mol. The minimum absolute atomic E-state index is 0. The second-order valence-corrected chi connectivity index (χ2v) is 10.9. The molecule has 31 heavy (non-hydrogen) atoms. The molecule has 0 bridgehead atoms. The molecule has 0 unspecified atom stereocenters. The largest absolute Gasteiger partial charge is 0.357 e. The summed E-state index contributed by atoms with van der Waals surface area (Å²) in [5.74, 6) is 0.789. The molecule has 6 nitrogen and oxygen atoms in total. The zero-order valence-corrected chi connectivity index (χ0v) is 21.9. The first kappa shape index (κ1) is 26.0.